The van der Waals surface area contributed by atoms with Gasteiger partial charge in [-0.25, -0.2) is 17.8 Å². The molecule has 0 aliphatic heterocycles. The number of aryl methyl sites for hydroxylation is 1. The van der Waals surface area contributed by atoms with Crippen molar-refractivity contribution >= 4 is 21.4 Å². The zero-order valence-corrected chi connectivity index (χ0v) is 18.5. The first kappa shape index (κ1) is 23.6. The molecule has 0 radical (unpaired) electrons. The van der Waals surface area contributed by atoms with Crippen LogP contribution in [-0.2, 0) is 10.0 Å². The molecule has 170 valence electrons. The summed E-state index contributed by atoms with van der Waals surface area (Å²) in [5, 5.41) is 21.2. The Labute approximate surface area is 189 Å². The number of anilines is 1. The summed E-state index contributed by atoms with van der Waals surface area (Å²) in [5.41, 5.74) is 0.744. The van der Waals surface area contributed by atoms with Crippen molar-refractivity contribution in [3.8, 4) is 17.7 Å². The Balaban J connectivity index is 2.04. The zero-order valence-electron chi connectivity index (χ0n) is 17.6. The number of ether oxygens (including phenoxy) is 1. The van der Waals surface area contributed by atoms with E-state index < -0.39 is 15.8 Å². The second-order valence-electron chi connectivity index (χ2n) is 6.37. The molecule has 10 nitrogen and oxygen atoms in total. The summed E-state index contributed by atoms with van der Waals surface area (Å²) in [6, 6.07) is 5.83. The molecule has 2 N–H and O–H groups in total. The summed E-state index contributed by atoms with van der Waals surface area (Å²) in [5.74, 6) is 5.19. The largest absolute Gasteiger partial charge is 0.480 e. The van der Waals surface area contributed by atoms with E-state index in [1.54, 1.807) is 6.92 Å². The molecule has 12 heteroatoms. The van der Waals surface area contributed by atoms with E-state index in [1.165, 1.54) is 30.1 Å². The molecule has 3 aromatic rings. The molecule has 0 aliphatic rings. The van der Waals surface area contributed by atoms with Gasteiger partial charge in [0.15, 0.2) is 5.82 Å². The maximum atomic E-state index is 13.2. The lowest BCUT2D eigenvalue weighted by molar-refractivity contribution is 0.350. The first-order valence-electron chi connectivity index (χ1n) is 9.35. The lowest BCUT2D eigenvalue weighted by atomic mass is 10.1. The Morgan fingerprint density at radius 2 is 2.09 bits per heavy atom. The Morgan fingerprint density at radius 3 is 2.73 bits per heavy atom. The van der Waals surface area contributed by atoms with Crippen molar-refractivity contribution in [2.75, 3.05) is 18.4 Å². The number of halogens is 1. The van der Waals surface area contributed by atoms with E-state index in [-0.39, 0.29) is 28.9 Å². The van der Waals surface area contributed by atoms with Gasteiger partial charge in [0.2, 0.25) is 11.7 Å². The van der Waals surface area contributed by atoms with Crippen molar-refractivity contribution < 1.29 is 22.7 Å². The number of methoxy groups -OCH3 is 1. The van der Waals surface area contributed by atoms with Crippen LogP contribution in [0.15, 0.2) is 59.2 Å². The molecule has 0 fully saturated rings. The SMILES string of the molecule is C=C/C(=N\n1c(C)nnc1C#CCO)c1cnc(OC)c(NS(=O)(=O)c2ccc(F)cc2)c1. The number of hydrogen-bond donors (Lipinski definition) is 2. The van der Waals surface area contributed by atoms with Crippen LogP contribution in [0.25, 0.3) is 0 Å². The summed E-state index contributed by atoms with van der Waals surface area (Å²) in [4.78, 5) is 4.00. The number of aliphatic hydroxyl groups excluding tert-OH is 1. The molecule has 0 atom stereocenters. The first-order valence-corrected chi connectivity index (χ1v) is 10.8. The van der Waals surface area contributed by atoms with Gasteiger partial charge < -0.3 is 9.84 Å². The van der Waals surface area contributed by atoms with Crippen molar-refractivity contribution in [3.05, 3.63) is 72.2 Å². The molecule has 33 heavy (non-hydrogen) atoms. The molecule has 3 rings (SSSR count). The normalized spacial score (nSPS) is 11.5. The van der Waals surface area contributed by atoms with Gasteiger partial charge in [0.25, 0.3) is 10.0 Å². The Bertz CT molecular complexity index is 1370. The number of rotatable bonds is 7. The monoisotopic (exact) mass is 470 g/mol. The number of nitrogens with zero attached hydrogens (tertiary/aromatic N) is 5. The maximum absolute atomic E-state index is 13.2. The minimum Gasteiger partial charge on any atom is -0.480 e. The molecule has 0 unspecified atom stereocenters. The molecule has 0 saturated carbocycles. The van der Waals surface area contributed by atoms with E-state index >= 15 is 0 Å². The van der Waals surface area contributed by atoms with E-state index in [9.17, 15) is 12.8 Å². The predicted octanol–water partition coefficient (Wildman–Crippen LogP) is 1.71. The number of hydrogen-bond acceptors (Lipinski definition) is 8. The van der Waals surface area contributed by atoms with Crippen molar-refractivity contribution in [1.29, 1.82) is 0 Å². The second kappa shape index (κ2) is 10.0. The van der Waals surface area contributed by atoms with Gasteiger partial charge in [-0.05, 0) is 49.3 Å². The Morgan fingerprint density at radius 1 is 1.36 bits per heavy atom. The number of pyridine rings is 1. The van der Waals surface area contributed by atoms with Gasteiger partial charge >= 0.3 is 0 Å². The topological polar surface area (TPSA) is 132 Å². The molecule has 0 amide bonds. The van der Waals surface area contributed by atoms with Gasteiger partial charge in [-0.1, -0.05) is 12.5 Å². The molecule has 0 saturated heterocycles. The van der Waals surface area contributed by atoms with Crippen LogP contribution < -0.4 is 9.46 Å². The third-order valence-corrected chi connectivity index (χ3v) is 5.57. The lowest BCUT2D eigenvalue weighted by Crippen LogP contribution is -2.15. The summed E-state index contributed by atoms with van der Waals surface area (Å²) in [6.07, 6.45) is 2.86. The minimum absolute atomic E-state index is 0.0165. The van der Waals surface area contributed by atoms with Crippen molar-refractivity contribution in [2.45, 2.75) is 11.8 Å². The van der Waals surface area contributed by atoms with Gasteiger partial charge in [-0.15, -0.1) is 10.2 Å². The van der Waals surface area contributed by atoms with Crippen LogP contribution in [0.2, 0.25) is 0 Å². The van der Waals surface area contributed by atoms with Crippen LogP contribution >= 0.6 is 0 Å². The molecule has 0 aliphatic carbocycles. The fourth-order valence-electron chi connectivity index (χ4n) is 2.64. The van der Waals surface area contributed by atoms with E-state index in [0.29, 0.717) is 17.1 Å². The number of allylic oxidation sites excluding steroid dienone is 1. The molecule has 1 aromatic carbocycles. The van der Waals surface area contributed by atoms with Crippen LogP contribution in [0.5, 0.6) is 5.88 Å². The molecular weight excluding hydrogens is 451 g/mol. The Hall–Kier alpha value is -4.08. The van der Waals surface area contributed by atoms with Crippen LogP contribution in [0.4, 0.5) is 10.1 Å². The molecule has 2 heterocycles. The quantitative estimate of drug-likeness (QED) is 0.397. The average Bonchev–Trinajstić information content (AvgIpc) is 3.15. The highest BCUT2D eigenvalue weighted by Gasteiger charge is 2.19. The van der Waals surface area contributed by atoms with Gasteiger partial charge in [0, 0.05) is 11.8 Å². The third-order valence-electron chi connectivity index (χ3n) is 4.19. The van der Waals surface area contributed by atoms with Gasteiger partial charge in [-0.2, -0.15) is 9.78 Å². The molecule has 2 aromatic heterocycles. The molecule has 0 spiro atoms. The standard InChI is InChI=1S/C21H19FN6O4S/c1-4-18(26-28-14(2)24-25-20(28)6-5-11-29)15-12-19(21(32-3)23-13-15)27-33(30,31)17-9-7-16(22)8-10-17/h4,7-10,12-13,27,29H,1,11H2,2-3H3/b26-18+. The number of sulfonamides is 1. The summed E-state index contributed by atoms with van der Waals surface area (Å²) >= 11 is 0. The lowest BCUT2D eigenvalue weighted by Gasteiger charge is -2.13. The predicted molar refractivity (Wildman–Crippen MR) is 119 cm³/mol. The highest BCUT2D eigenvalue weighted by atomic mass is 32.2. The minimum atomic E-state index is -4.06. The highest BCUT2D eigenvalue weighted by molar-refractivity contribution is 7.92. The number of aromatic nitrogens is 4. The van der Waals surface area contributed by atoms with Crippen LogP contribution in [0.1, 0.15) is 17.2 Å². The van der Waals surface area contributed by atoms with Crippen molar-refractivity contribution in [1.82, 2.24) is 19.9 Å². The van der Waals surface area contributed by atoms with E-state index in [1.807, 2.05) is 0 Å². The maximum Gasteiger partial charge on any atom is 0.262 e. The fourth-order valence-corrected chi connectivity index (χ4v) is 3.69. The zero-order chi connectivity index (χ0) is 24.0. The van der Waals surface area contributed by atoms with Crippen LogP contribution in [0, 0.1) is 24.6 Å². The average molecular weight is 470 g/mol. The van der Waals surface area contributed by atoms with E-state index in [2.05, 4.69) is 43.4 Å². The number of benzene rings is 1. The first-order chi connectivity index (χ1) is 15.8. The summed E-state index contributed by atoms with van der Waals surface area (Å²) in [6.45, 7) is 5.05. The van der Waals surface area contributed by atoms with Crippen LogP contribution in [0.3, 0.4) is 0 Å². The third kappa shape index (κ3) is 5.40. The van der Waals surface area contributed by atoms with Gasteiger partial charge in [-0.3, -0.25) is 4.72 Å². The van der Waals surface area contributed by atoms with E-state index in [0.717, 1.165) is 24.3 Å². The van der Waals surface area contributed by atoms with Gasteiger partial charge in [0.05, 0.1) is 17.7 Å². The Kier molecular flexibility index (Phi) is 7.17. The van der Waals surface area contributed by atoms with Crippen molar-refractivity contribution in [3.63, 3.8) is 0 Å². The van der Waals surface area contributed by atoms with E-state index in [4.69, 9.17) is 9.84 Å². The highest BCUT2D eigenvalue weighted by Crippen LogP contribution is 2.26. The number of aliphatic hydroxyl groups is 1. The second-order valence-corrected chi connectivity index (χ2v) is 8.05. The van der Waals surface area contributed by atoms with Crippen molar-refractivity contribution in [2.24, 2.45) is 5.10 Å². The smallest absolute Gasteiger partial charge is 0.262 e. The number of nitrogens with one attached hydrogen (secondary N) is 1. The summed E-state index contributed by atoms with van der Waals surface area (Å²) < 4.78 is 47.6. The summed E-state index contributed by atoms with van der Waals surface area (Å²) in [7, 11) is -2.71. The molecule has 0 bridgehead atoms. The molecular formula is C21H19FN6O4S. The fraction of sp³-hybridized carbons (Fsp3) is 0.143. The van der Waals surface area contributed by atoms with Gasteiger partial charge in [0.1, 0.15) is 18.1 Å². The van der Waals surface area contributed by atoms with Crippen LogP contribution in [-0.4, -0.2) is 52.8 Å².